The van der Waals surface area contributed by atoms with Crippen molar-refractivity contribution in [3.8, 4) is 5.75 Å². The fourth-order valence-corrected chi connectivity index (χ4v) is 2.38. The van der Waals surface area contributed by atoms with Crippen molar-refractivity contribution in [2.45, 2.75) is 26.2 Å². The van der Waals surface area contributed by atoms with Crippen molar-refractivity contribution in [2.24, 2.45) is 0 Å². The SMILES string of the molecule is CCCCCN1C(=O)C(O)=C(c2ccccc2OC)C1=O. The lowest BCUT2D eigenvalue weighted by molar-refractivity contribution is -0.138. The first kappa shape index (κ1) is 15.1. The van der Waals surface area contributed by atoms with Crippen LogP contribution in [0.15, 0.2) is 30.0 Å². The molecule has 1 aromatic carbocycles. The van der Waals surface area contributed by atoms with Crippen LogP contribution in [-0.2, 0) is 9.59 Å². The molecular formula is C16H19NO4. The monoisotopic (exact) mass is 289 g/mol. The Bertz CT molecular complexity index is 592. The second kappa shape index (κ2) is 6.43. The van der Waals surface area contributed by atoms with Gasteiger partial charge in [0.25, 0.3) is 11.8 Å². The lowest BCUT2D eigenvalue weighted by atomic mass is 10.0. The van der Waals surface area contributed by atoms with Crippen LogP contribution >= 0.6 is 0 Å². The van der Waals surface area contributed by atoms with E-state index in [9.17, 15) is 14.7 Å². The van der Waals surface area contributed by atoms with E-state index in [1.54, 1.807) is 24.3 Å². The zero-order chi connectivity index (χ0) is 15.4. The number of imide groups is 1. The third-order valence-corrected chi connectivity index (χ3v) is 3.51. The van der Waals surface area contributed by atoms with Crippen LogP contribution < -0.4 is 4.74 Å². The molecule has 5 nitrogen and oxygen atoms in total. The summed E-state index contributed by atoms with van der Waals surface area (Å²) in [6.45, 7) is 2.37. The normalized spacial score (nSPS) is 15.0. The van der Waals surface area contributed by atoms with Crippen LogP contribution in [-0.4, -0.2) is 35.5 Å². The highest BCUT2D eigenvalue weighted by molar-refractivity contribution is 6.35. The van der Waals surface area contributed by atoms with Crippen LogP contribution in [0.3, 0.4) is 0 Å². The maximum absolute atomic E-state index is 12.4. The quantitative estimate of drug-likeness (QED) is 0.645. The van der Waals surface area contributed by atoms with Crippen LogP contribution in [0.5, 0.6) is 5.75 Å². The molecule has 1 heterocycles. The second-order valence-electron chi connectivity index (χ2n) is 4.89. The number of ether oxygens (including phenoxy) is 1. The number of aliphatic hydroxyl groups is 1. The molecule has 1 N–H and O–H groups in total. The Morgan fingerprint density at radius 3 is 2.52 bits per heavy atom. The summed E-state index contributed by atoms with van der Waals surface area (Å²) >= 11 is 0. The molecule has 2 rings (SSSR count). The molecule has 0 unspecified atom stereocenters. The summed E-state index contributed by atoms with van der Waals surface area (Å²) in [5, 5.41) is 10.0. The number of carbonyl (C=O) groups is 2. The predicted molar refractivity (Wildman–Crippen MR) is 78.8 cm³/mol. The number of amides is 2. The number of benzene rings is 1. The van der Waals surface area contributed by atoms with Gasteiger partial charge in [0.1, 0.15) is 5.75 Å². The zero-order valence-corrected chi connectivity index (χ0v) is 12.3. The van der Waals surface area contributed by atoms with E-state index in [-0.39, 0.29) is 5.57 Å². The summed E-state index contributed by atoms with van der Waals surface area (Å²) in [5.74, 6) is -1.13. The molecule has 21 heavy (non-hydrogen) atoms. The van der Waals surface area contributed by atoms with Crippen LogP contribution in [0.4, 0.5) is 0 Å². The lowest BCUT2D eigenvalue weighted by Crippen LogP contribution is -2.32. The number of carbonyl (C=O) groups excluding carboxylic acids is 2. The summed E-state index contributed by atoms with van der Waals surface area (Å²) < 4.78 is 5.20. The van der Waals surface area contributed by atoms with Crippen molar-refractivity contribution in [3.63, 3.8) is 0 Å². The highest BCUT2D eigenvalue weighted by Crippen LogP contribution is 2.33. The molecule has 1 aliphatic rings. The van der Waals surface area contributed by atoms with Gasteiger partial charge < -0.3 is 9.84 Å². The maximum atomic E-state index is 12.4. The first-order valence-electron chi connectivity index (χ1n) is 7.04. The highest BCUT2D eigenvalue weighted by atomic mass is 16.5. The standard InChI is InChI=1S/C16H19NO4/c1-3-4-7-10-17-15(19)13(14(18)16(17)20)11-8-5-6-9-12(11)21-2/h5-6,8-9,18H,3-4,7,10H2,1-2H3. The Morgan fingerprint density at radius 1 is 1.14 bits per heavy atom. The molecule has 1 aliphatic heterocycles. The summed E-state index contributed by atoms with van der Waals surface area (Å²) in [5.41, 5.74) is 0.461. The van der Waals surface area contributed by atoms with E-state index in [1.807, 2.05) is 6.92 Å². The van der Waals surface area contributed by atoms with Crippen LogP contribution in [0.1, 0.15) is 31.7 Å². The molecule has 1 aromatic rings. The molecule has 0 aliphatic carbocycles. The molecule has 0 fully saturated rings. The Labute approximate surface area is 123 Å². The number of hydrogen-bond donors (Lipinski definition) is 1. The van der Waals surface area contributed by atoms with Crippen LogP contribution in [0.25, 0.3) is 5.57 Å². The second-order valence-corrected chi connectivity index (χ2v) is 4.89. The van der Waals surface area contributed by atoms with Crippen molar-refractivity contribution >= 4 is 17.4 Å². The first-order chi connectivity index (χ1) is 10.1. The van der Waals surface area contributed by atoms with Crippen molar-refractivity contribution in [3.05, 3.63) is 35.6 Å². The van der Waals surface area contributed by atoms with E-state index >= 15 is 0 Å². The Balaban J connectivity index is 2.32. The summed E-state index contributed by atoms with van der Waals surface area (Å²) in [7, 11) is 1.48. The molecule has 0 spiro atoms. The highest BCUT2D eigenvalue weighted by Gasteiger charge is 2.39. The van der Waals surface area contributed by atoms with Gasteiger partial charge in [0, 0.05) is 12.1 Å². The average Bonchev–Trinajstić information content (AvgIpc) is 2.71. The molecule has 0 radical (unpaired) electrons. The van der Waals surface area contributed by atoms with Gasteiger partial charge in [-0.25, -0.2) is 0 Å². The number of hydrogen-bond acceptors (Lipinski definition) is 4. The van der Waals surface area contributed by atoms with Gasteiger partial charge in [0.05, 0.1) is 12.7 Å². The minimum Gasteiger partial charge on any atom is -0.502 e. The van der Waals surface area contributed by atoms with Crippen LogP contribution in [0.2, 0.25) is 0 Å². The van der Waals surface area contributed by atoms with Crippen molar-refractivity contribution in [1.29, 1.82) is 0 Å². The summed E-state index contributed by atoms with van der Waals surface area (Å²) in [6, 6.07) is 6.84. The zero-order valence-electron chi connectivity index (χ0n) is 12.3. The number of para-hydroxylation sites is 1. The third-order valence-electron chi connectivity index (χ3n) is 3.51. The molecular weight excluding hydrogens is 270 g/mol. The Kier molecular flexibility index (Phi) is 4.62. The van der Waals surface area contributed by atoms with Crippen molar-refractivity contribution < 1.29 is 19.4 Å². The Hall–Kier alpha value is -2.30. The molecule has 0 bridgehead atoms. The molecule has 5 heteroatoms. The average molecular weight is 289 g/mol. The lowest BCUT2D eigenvalue weighted by Gasteiger charge is -2.14. The van der Waals surface area contributed by atoms with Gasteiger partial charge in [-0.05, 0) is 12.5 Å². The number of methoxy groups -OCH3 is 1. The van der Waals surface area contributed by atoms with Crippen molar-refractivity contribution in [2.75, 3.05) is 13.7 Å². The topological polar surface area (TPSA) is 66.8 Å². The van der Waals surface area contributed by atoms with Gasteiger partial charge in [0.2, 0.25) is 0 Å². The Morgan fingerprint density at radius 2 is 1.86 bits per heavy atom. The molecule has 0 aromatic heterocycles. The van der Waals surface area contributed by atoms with E-state index in [0.29, 0.717) is 17.9 Å². The molecule has 112 valence electrons. The minimum absolute atomic E-state index is 0.0222. The fourth-order valence-electron chi connectivity index (χ4n) is 2.38. The minimum atomic E-state index is -0.628. The largest absolute Gasteiger partial charge is 0.502 e. The summed E-state index contributed by atoms with van der Waals surface area (Å²) in [4.78, 5) is 25.6. The van der Waals surface area contributed by atoms with Gasteiger partial charge >= 0.3 is 0 Å². The number of rotatable bonds is 6. The first-order valence-corrected chi connectivity index (χ1v) is 7.04. The number of unbranched alkanes of at least 4 members (excludes halogenated alkanes) is 2. The molecule has 2 amide bonds. The van der Waals surface area contributed by atoms with Gasteiger partial charge in [0.15, 0.2) is 5.76 Å². The smallest absolute Gasteiger partial charge is 0.296 e. The summed E-state index contributed by atoms with van der Waals surface area (Å²) in [6.07, 6.45) is 2.66. The van der Waals surface area contributed by atoms with E-state index in [1.165, 1.54) is 7.11 Å². The fraction of sp³-hybridized carbons (Fsp3) is 0.375. The van der Waals surface area contributed by atoms with E-state index in [2.05, 4.69) is 0 Å². The number of aliphatic hydroxyl groups excluding tert-OH is 1. The molecule has 0 saturated heterocycles. The predicted octanol–water partition coefficient (Wildman–Crippen LogP) is 2.52. The van der Waals surface area contributed by atoms with Gasteiger partial charge in [-0.15, -0.1) is 0 Å². The van der Waals surface area contributed by atoms with Gasteiger partial charge in [-0.1, -0.05) is 38.0 Å². The molecule has 0 saturated carbocycles. The van der Waals surface area contributed by atoms with Gasteiger partial charge in [-0.3, -0.25) is 14.5 Å². The van der Waals surface area contributed by atoms with Gasteiger partial charge in [-0.2, -0.15) is 0 Å². The van der Waals surface area contributed by atoms with Crippen LogP contribution in [0, 0.1) is 0 Å². The molecule has 0 atom stereocenters. The number of nitrogens with zero attached hydrogens (tertiary/aromatic N) is 1. The van der Waals surface area contributed by atoms with Crippen molar-refractivity contribution in [1.82, 2.24) is 4.90 Å². The van der Waals surface area contributed by atoms with E-state index < -0.39 is 17.6 Å². The van der Waals surface area contributed by atoms with E-state index in [0.717, 1.165) is 24.2 Å². The van der Waals surface area contributed by atoms with E-state index in [4.69, 9.17) is 4.74 Å². The third kappa shape index (κ3) is 2.77. The maximum Gasteiger partial charge on any atom is 0.296 e.